The summed E-state index contributed by atoms with van der Waals surface area (Å²) >= 11 is 0. The van der Waals surface area contributed by atoms with Crippen molar-refractivity contribution >= 4 is 0 Å². The van der Waals surface area contributed by atoms with Crippen molar-refractivity contribution in [2.45, 2.75) is 76.8 Å². The number of hydrogen-bond acceptors (Lipinski definition) is 2. The van der Waals surface area contributed by atoms with Crippen LogP contribution in [-0.4, -0.2) is 37.1 Å². The normalized spacial score (nSPS) is 30.2. The van der Waals surface area contributed by atoms with Gasteiger partial charge in [-0.05, 0) is 58.2 Å². The van der Waals surface area contributed by atoms with Crippen molar-refractivity contribution < 1.29 is 0 Å². The van der Waals surface area contributed by atoms with Crippen LogP contribution < -0.4 is 5.32 Å². The Balaban J connectivity index is 1.75. The summed E-state index contributed by atoms with van der Waals surface area (Å²) in [5.74, 6) is 0.921. The highest BCUT2D eigenvalue weighted by molar-refractivity contribution is 4.91. The molecule has 0 aromatic rings. The van der Waals surface area contributed by atoms with Crippen LogP contribution in [-0.2, 0) is 0 Å². The number of hydrogen-bond donors (Lipinski definition) is 1. The molecule has 2 unspecified atom stereocenters. The number of nitrogens with one attached hydrogen (secondary N) is 1. The average molecular weight is 252 g/mol. The van der Waals surface area contributed by atoms with Crippen molar-refractivity contribution in [3.8, 4) is 0 Å². The van der Waals surface area contributed by atoms with Gasteiger partial charge in [-0.1, -0.05) is 32.6 Å². The van der Waals surface area contributed by atoms with Crippen molar-refractivity contribution in [1.82, 2.24) is 10.2 Å². The van der Waals surface area contributed by atoms with Gasteiger partial charge in [0.15, 0.2) is 0 Å². The first kappa shape index (κ1) is 14.3. The summed E-state index contributed by atoms with van der Waals surface area (Å²) in [5.41, 5.74) is 0. The van der Waals surface area contributed by atoms with Crippen molar-refractivity contribution in [1.29, 1.82) is 0 Å². The van der Waals surface area contributed by atoms with Gasteiger partial charge in [-0.3, -0.25) is 0 Å². The maximum Gasteiger partial charge on any atom is 0.0136 e. The lowest BCUT2D eigenvalue weighted by atomic mass is 9.77. The van der Waals surface area contributed by atoms with E-state index in [4.69, 9.17) is 0 Å². The molecule has 2 heteroatoms. The Kier molecular flexibility index (Phi) is 5.97. The Morgan fingerprint density at radius 3 is 2.28 bits per heavy atom. The summed E-state index contributed by atoms with van der Waals surface area (Å²) in [5, 5.41) is 3.61. The van der Waals surface area contributed by atoms with E-state index in [0.717, 1.165) is 18.0 Å². The molecule has 0 radical (unpaired) electrons. The second-order valence-corrected chi connectivity index (χ2v) is 6.42. The molecule has 106 valence electrons. The molecule has 2 nitrogen and oxygen atoms in total. The van der Waals surface area contributed by atoms with Crippen LogP contribution in [0.1, 0.15) is 64.7 Å². The zero-order chi connectivity index (χ0) is 12.8. The van der Waals surface area contributed by atoms with Gasteiger partial charge in [-0.2, -0.15) is 0 Å². The summed E-state index contributed by atoms with van der Waals surface area (Å²) in [4.78, 5) is 2.74. The van der Waals surface area contributed by atoms with Crippen LogP contribution >= 0.6 is 0 Å². The predicted octanol–water partition coefficient (Wildman–Crippen LogP) is 3.42. The van der Waals surface area contributed by atoms with E-state index in [0.29, 0.717) is 0 Å². The highest BCUT2D eigenvalue weighted by Gasteiger charge is 2.36. The third-order valence-corrected chi connectivity index (χ3v) is 5.13. The highest BCUT2D eigenvalue weighted by atomic mass is 15.2. The maximum absolute atomic E-state index is 3.61. The standard InChI is InChI=1S/C16H32N2/c1-3-12-17-13-14-10-11-16(14)18(2)15-8-6-4-5-7-9-15/h14-17H,3-13H2,1-2H3. The summed E-state index contributed by atoms with van der Waals surface area (Å²) in [6.07, 6.45) is 12.9. The van der Waals surface area contributed by atoms with Crippen molar-refractivity contribution in [2.75, 3.05) is 20.1 Å². The Morgan fingerprint density at radius 1 is 1.00 bits per heavy atom. The molecule has 2 atom stereocenters. The van der Waals surface area contributed by atoms with E-state index in [1.54, 1.807) is 0 Å². The van der Waals surface area contributed by atoms with E-state index in [1.165, 1.54) is 70.9 Å². The largest absolute Gasteiger partial charge is 0.316 e. The minimum atomic E-state index is 0.873. The lowest BCUT2D eigenvalue weighted by molar-refractivity contribution is 0.0442. The third kappa shape index (κ3) is 3.71. The highest BCUT2D eigenvalue weighted by Crippen LogP contribution is 2.34. The van der Waals surface area contributed by atoms with Crippen LogP contribution in [0, 0.1) is 5.92 Å². The lowest BCUT2D eigenvalue weighted by Crippen LogP contribution is -2.52. The van der Waals surface area contributed by atoms with Crippen LogP contribution in [0.2, 0.25) is 0 Å². The fraction of sp³-hybridized carbons (Fsp3) is 1.00. The summed E-state index contributed by atoms with van der Waals surface area (Å²) in [7, 11) is 2.40. The van der Waals surface area contributed by atoms with Crippen LogP contribution in [0.3, 0.4) is 0 Å². The molecule has 2 fully saturated rings. The molecule has 2 rings (SSSR count). The molecule has 0 bridgehead atoms. The van der Waals surface area contributed by atoms with E-state index in [-0.39, 0.29) is 0 Å². The molecule has 2 saturated carbocycles. The second kappa shape index (κ2) is 7.49. The van der Waals surface area contributed by atoms with Gasteiger partial charge < -0.3 is 10.2 Å². The first-order valence-electron chi connectivity index (χ1n) is 8.25. The first-order valence-corrected chi connectivity index (χ1v) is 8.25. The van der Waals surface area contributed by atoms with Crippen LogP contribution in [0.15, 0.2) is 0 Å². The average Bonchev–Trinajstić information content (AvgIpc) is 2.62. The van der Waals surface area contributed by atoms with E-state index in [2.05, 4.69) is 24.2 Å². The monoisotopic (exact) mass is 252 g/mol. The minimum Gasteiger partial charge on any atom is -0.316 e. The number of nitrogens with zero attached hydrogens (tertiary/aromatic N) is 1. The fourth-order valence-corrected chi connectivity index (χ4v) is 3.73. The van der Waals surface area contributed by atoms with Gasteiger partial charge in [0.1, 0.15) is 0 Å². The minimum absolute atomic E-state index is 0.873. The molecule has 0 aromatic heterocycles. The molecule has 1 N–H and O–H groups in total. The molecule has 0 aromatic carbocycles. The molecule has 0 spiro atoms. The van der Waals surface area contributed by atoms with Crippen LogP contribution in [0.5, 0.6) is 0 Å². The van der Waals surface area contributed by atoms with Gasteiger partial charge in [-0.15, -0.1) is 0 Å². The molecule has 0 heterocycles. The molecule has 2 aliphatic carbocycles. The molecular formula is C16H32N2. The van der Waals surface area contributed by atoms with E-state index in [9.17, 15) is 0 Å². The van der Waals surface area contributed by atoms with Crippen molar-refractivity contribution in [3.63, 3.8) is 0 Å². The van der Waals surface area contributed by atoms with Gasteiger partial charge in [0.25, 0.3) is 0 Å². The van der Waals surface area contributed by atoms with Gasteiger partial charge in [0, 0.05) is 12.1 Å². The molecular weight excluding hydrogens is 220 g/mol. The second-order valence-electron chi connectivity index (χ2n) is 6.42. The topological polar surface area (TPSA) is 15.3 Å². The Bertz CT molecular complexity index is 221. The van der Waals surface area contributed by atoms with Gasteiger partial charge in [-0.25, -0.2) is 0 Å². The Labute approximate surface area is 114 Å². The van der Waals surface area contributed by atoms with Gasteiger partial charge in [0.2, 0.25) is 0 Å². The number of rotatable bonds is 6. The Hall–Kier alpha value is -0.0800. The Morgan fingerprint density at radius 2 is 1.72 bits per heavy atom. The summed E-state index contributed by atoms with van der Waals surface area (Å²) in [6.45, 7) is 4.69. The van der Waals surface area contributed by atoms with Crippen LogP contribution in [0.4, 0.5) is 0 Å². The fourth-order valence-electron chi connectivity index (χ4n) is 3.73. The van der Waals surface area contributed by atoms with Crippen molar-refractivity contribution in [2.24, 2.45) is 5.92 Å². The summed E-state index contributed by atoms with van der Waals surface area (Å²) < 4.78 is 0. The molecule has 0 aliphatic heterocycles. The lowest BCUT2D eigenvalue weighted by Gasteiger charge is -2.46. The van der Waals surface area contributed by atoms with E-state index in [1.807, 2.05) is 0 Å². The van der Waals surface area contributed by atoms with Crippen molar-refractivity contribution in [3.05, 3.63) is 0 Å². The van der Waals surface area contributed by atoms with Crippen LogP contribution in [0.25, 0.3) is 0 Å². The predicted molar refractivity (Wildman–Crippen MR) is 78.9 cm³/mol. The maximum atomic E-state index is 3.61. The van der Waals surface area contributed by atoms with Gasteiger partial charge >= 0.3 is 0 Å². The molecule has 0 saturated heterocycles. The summed E-state index contributed by atoms with van der Waals surface area (Å²) in [6, 6.07) is 1.75. The third-order valence-electron chi connectivity index (χ3n) is 5.13. The SMILES string of the molecule is CCCNCC1CCC1N(C)C1CCCCCC1. The van der Waals surface area contributed by atoms with Gasteiger partial charge in [0.05, 0.1) is 0 Å². The zero-order valence-electron chi connectivity index (χ0n) is 12.5. The first-order chi connectivity index (χ1) is 8.83. The van der Waals surface area contributed by atoms with E-state index >= 15 is 0 Å². The molecule has 2 aliphatic rings. The smallest absolute Gasteiger partial charge is 0.0136 e. The molecule has 18 heavy (non-hydrogen) atoms. The zero-order valence-corrected chi connectivity index (χ0v) is 12.5. The molecule has 0 amide bonds. The quantitative estimate of drug-likeness (QED) is 0.575. The van der Waals surface area contributed by atoms with E-state index < -0.39 is 0 Å².